The molecule has 3 heteroatoms. The monoisotopic (exact) mass is 389 g/mol. The summed E-state index contributed by atoms with van der Waals surface area (Å²) in [5.41, 5.74) is 3.15. The van der Waals surface area contributed by atoms with Gasteiger partial charge in [-0.25, -0.2) is 0 Å². The summed E-state index contributed by atoms with van der Waals surface area (Å²) in [6, 6.07) is 9.05. The third-order valence-corrected chi connectivity index (χ3v) is 12.2. The first-order valence-corrected chi connectivity index (χ1v) is 12.4. The molecule has 1 aromatic rings. The van der Waals surface area contributed by atoms with E-state index in [9.17, 15) is 0 Å². The third kappa shape index (κ3) is 5.32. The van der Waals surface area contributed by atoms with Crippen LogP contribution in [0.2, 0.25) is 8.26 Å². The van der Waals surface area contributed by atoms with Crippen molar-refractivity contribution in [2.45, 2.75) is 51.4 Å². The van der Waals surface area contributed by atoms with Gasteiger partial charge in [0.1, 0.15) is 0 Å². The van der Waals surface area contributed by atoms with Crippen LogP contribution >= 0.6 is 0 Å². The van der Waals surface area contributed by atoms with Gasteiger partial charge in [0.25, 0.3) is 0 Å². The number of rotatable bonds is 7. The average molecular weight is 392 g/mol. The summed E-state index contributed by atoms with van der Waals surface area (Å²) in [5.74, 6) is 0. The Labute approximate surface area is 144 Å². The summed E-state index contributed by atoms with van der Waals surface area (Å²) in [6.07, 6.45) is 10.6. The zero-order chi connectivity index (χ0) is 12.8. The van der Waals surface area contributed by atoms with Crippen LogP contribution in [-0.4, -0.2) is 0 Å². The van der Waals surface area contributed by atoms with Crippen LogP contribution in [0.1, 0.15) is 54.3 Å². The molecule has 1 aromatic carbocycles. The third-order valence-electron chi connectivity index (χ3n) is 3.94. The maximum Gasteiger partial charge on any atom is -1.00 e. The maximum atomic E-state index is 2.53. The van der Waals surface area contributed by atoms with Gasteiger partial charge in [-0.05, 0) is 0 Å². The Morgan fingerprint density at radius 1 is 0.950 bits per heavy atom. The predicted octanol–water partition coefficient (Wildman–Crippen LogP) is -0.182. The van der Waals surface area contributed by atoms with Crippen molar-refractivity contribution in [2.75, 3.05) is 0 Å². The van der Waals surface area contributed by atoms with Crippen molar-refractivity contribution in [3.8, 4) is 0 Å². The second-order valence-corrected chi connectivity index (χ2v) is 12.6. The van der Waals surface area contributed by atoms with Crippen molar-refractivity contribution in [3.63, 3.8) is 0 Å². The molecule has 0 nitrogen and oxygen atoms in total. The Balaban J connectivity index is 0.00000180. The minimum absolute atomic E-state index is 0. The average Bonchev–Trinajstić information content (AvgIpc) is 2.83. The summed E-state index contributed by atoms with van der Waals surface area (Å²) >= 11 is -1.27. The van der Waals surface area contributed by atoms with Gasteiger partial charge in [0, 0.05) is 0 Å². The largest absolute Gasteiger partial charge is 1.00 e. The fourth-order valence-corrected chi connectivity index (χ4v) is 11.6. The maximum absolute atomic E-state index is 2.53. The summed E-state index contributed by atoms with van der Waals surface area (Å²) < 4.78 is 4.05. The molecule has 0 fully saturated rings. The van der Waals surface area contributed by atoms with E-state index in [-0.39, 0.29) is 24.8 Å². The van der Waals surface area contributed by atoms with E-state index < -0.39 is 21.8 Å². The van der Waals surface area contributed by atoms with Crippen molar-refractivity contribution in [1.29, 1.82) is 0 Å². The molecule has 1 aliphatic rings. The molecule has 0 saturated carbocycles. The molecule has 0 heterocycles. The van der Waals surface area contributed by atoms with Gasteiger partial charge in [-0.3, -0.25) is 0 Å². The zero-order valence-electron chi connectivity index (χ0n) is 12.5. The predicted molar refractivity (Wildman–Crippen MR) is 77.6 cm³/mol. The molecule has 0 bridgehead atoms. The number of hydrogen-bond acceptors (Lipinski definition) is 0. The molecule has 1 unspecified atom stereocenters. The fraction of sp³-hybridized carbons (Fsp3) is 0.529. The first-order chi connectivity index (χ1) is 8.86. The van der Waals surface area contributed by atoms with Gasteiger partial charge in [-0.15, -0.1) is 0 Å². The van der Waals surface area contributed by atoms with Crippen LogP contribution in [0.4, 0.5) is 0 Å². The fourth-order valence-electron chi connectivity index (χ4n) is 2.85. The molecule has 20 heavy (non-hydrogen) atoms. The van der Waals surface area contributed by atoms with E-state index >= 15 is 0 Å². The standard InChI is InChI=1S/C9H7.2C4H9.2ClH.Zr/c1-2-5-9-7-3-6-8(9)4-1;2*1-3-4-2;;;/h1-7H;2*1,3-4H2,2H3;2*1H;/q;;;;;+2/p-2. The SMILES string of the molecule is CCC[CH2][Zr+2]([CH2]CCC)[CH]1C=Cc2ccccc21.[Cl-].[Cl-]. The Morgan fingerprint density at radius 2 is 1.55 bits per heavy atom. The number of fused-ring (bicyclic) bond motifs is 1. The van der Waals surface area contributed by atoms with Gasteiger partial charge in [0.15, 0.2) is 0 Å². The Morgan fingerprint density at radius 3 is 2.15 bits per heavy atom. The molecule has 0 saturated heterocycles. The van der Waals surface area contributed by atoms with Gasteiger partial charge in [-0.2, -0.15) is 0 Å². The first kappa shape index (κ1) is 20.4. The zero-order valence-corrected chi connectivity index (χ0v) is 16.5. The van der Waals surface area contributed by atoms with E-state index in [4.69, 9.17) is 0 Å². The van der Waals surface area contributed by atoms with Crippen LogP contribution in [0.25, 0.3) is 6.08 Å². The summed E-state index contributed by atoms with van der Waals surface area (Å²) in [4.78, 5) is 0. The summed E-state index contributed by atoms with van der Waals surface area (Å²) in [5, 5.41) is 0. The molecule has 0 spiro atoms. The molecule has 0 radical (unpaired) electrons. The van der Waals surface area contributed by atoms with Crippen LogP contribution < -0.4 is 24.8 Å². The Bertz CT molecular complexity index is 396. The van der Waals surface area contributed by atoms with Crippen molar-refractivity contribution in [1.82, 2.24) is 0 Å². The van der Waals surface area contributed by atoms with Gasteiger partial charge >= 0.3 is 121 Å². The quantitative estimate of drug-likeness (QED) is 0.605. The smallest absolute Gasteiger partial charge is 1.00 e. The second-order valence-electron chi connectivity index (χ2n) is 5.33. The number of hydrogen-bond donors (Lipinski definition) is 0. The number of benzene rings is 1. The van der Waals surface area contributed by atoms with E-state index in [1.54, 1.807) is 13.8 Å². The Hall–Kier alpha value is 0.423. The number of halogens is 2. The van der Waals surface area contributed by atoms with E-state index in [0.29, 0.717) is 0 Å². The summed E-state index contributed by atoms with van der Waals surface area (Å²) in [6.45, 7) is 4.66. The van der Waals surface area contributed by atoms with Crippen LogP contribution in [0.15, 0.2) is 30.3 Å². The number of unbranched alkanes of at least 4 members (excludes halogenated alkanes) is 2. The van der Waals surface area contributed by atoms with Crippen LogP contribution in [0.3, 0.4) is 0 Å². The molecule has 2 rings (SSSR count). The van der Waals surface area contributed by atoms with E-state index in [1.165, 1.54) is 31.2 Å². The van der Waals surface area contributed by atoms with Crippen molar-refractivity contribution < 1.29 is 46.6 Å². The second kappa shape index (κ2) is 11.1. The molecular formula is C17H25Cl2Zr. The van der Waals surface area contributed by atoms with Crippen molar-refractivity contribution in [2.24, 2.45) is 0 Å². The first-order valence-electron chi connectivity index (χ1n) is 7.48. The minimum Gasteiger partial charge on any atom is -1.00 e. The van der Waals surface area contributed by atoms with Gasteiger partial charge in [-0.1, -0.05) is 0 Å². The van der Waals surface area contributed by atoms with Crippen LogP contribution in [0, 0.1) is 0 Å². The minimum atomic E-state index is -1.27. The Kier molecular flexibility index (Phi) is 11.3. The normalized spacial score (nSPS) is 15.2. The molecule has 0 amide bonds. The van der Waals surface area contributed by atoms with Gasteiger partial charge in [0.05, 0.1) is 0 Å². The summed E-state index contributed by atoms with van der Waals surface area (Å²) in [7, 11) is 0. The molecule has 1 aliphatic carbocycles. The van der Waals surface area contributed by atoms with Crippen molar-refractivity contribution >= 4 is 6.08 Å². The van der Waals surface area contributed by atoms with Gasteiger partial charge in [0.2, 0.25) is 0 Å². The molecule has 0 aliphatic heterocycles. The number of allylic oxidation sites excluding steroid dienone is 1. The van der Waals surface area contributed by atoms with Crippen LogP contribution in [-0.2, 0) is 21.8 Å². The van der Waals surface area contributed by atoms with E-state index in [2.05, 4.69) is 50.3 Å². The molecular weight excluding hydrogens is 366 g/mol. The molecule has 0 aromatic heterocycles. The van der Waals surface area contributed by atoms with E-state index in [1.807, 2.05) is 0 Å². The van der Waals surface area contributed by atoms with Gasteiger partial charge < -0.3 is 24.8 Å². The van der Waals surface area contributed by atoms with Crippen LogP contribution in [0.5, 0.6) is 0 Å². The molecule has 1 atom stereocenters. The van der Waals surface area contributed by atoms with E-state index in [0.717, 1.165) is 3.63 Å². The van der Waals surface area contributed by atoms with Crippen molar-refractivity contribution in [3.05, 3.63) is 41.5 Å². The molecule has 111 valence electrons. The molecule has 0 N–H and O–H groups in total. The topological polar surface area (TPSA) is 0 Å².